The lowest BCUT2D eigenvalue weighted by molar-refractivity contribution is 0.0948. The van der Waals surface area contributed by atoms with Gasteiger partial charge in [-0.3, -0.25) is 4.79 Å². The van der Waals surface area contributed by atoms with Gasteiger partial charge in [-0.2, -0.15) is 0 Å². The minimum Gasteiger partial charge on any atom is -0.493 e. The summed E-state index contributed by atoms with van der Waals surface area (Å²) in [6, 6.07) is 16.6. The van der Waals surface area contributed by atoms with Gasteiger partial charge >= 0.3 is 0 Å². The quantitative estimate of drug-likeness (QED) is 0.212. The molecule has 0 aliphatic carbocycles. The summed E-state index contributed by atoms with van der Waals surface area (Å²) >= 11 is 1.44. The molecule has 0 saturated heterocycles. The molecule has 1 atom stereocenters. The van der Waals surface area contributed by atoms with Crippen LogP contribution in [0, 0.1) is 0 Å². The normalized spacial score (nSPS) is 12.8. The van der Waals surface area contributed by atoms with Gasteiger partial charge in [-0.05, 0) is 60.1 Å². The highest BCUT2D eigenvalue weighted by atomic mass is 32.1. The van der Waals surface area contributed by atoms with Crippen molar-refractivity contribution in [1.82, 2.24) is 10.3 Å². The Hall–Kier alpha value is -2.70. The summed E-state index contributed by atoms with van der Waals surface area (Å²) in [5.74, 6) is 0.819. The van der Waals surface area contributed by atoms with E-state index in [0.717, 1.165) is 42.0 Å². The van der Waals surface area contributed by atoms with E-state index in [1.807, 2.05) is 18.2 Å². The molecule has 38 heavy (non-hydrogen) atoms. The minimum absolute atomic E-state index is 0.0408. The van der Waals surface area contributed by atoms with Crippen molar-refractivity contribution in [2.75, 3.05) is 13.2 Å². The lowest BCUT2D eigenvalue weighted by Gasteiger charge is -2.30. The van der Waals surface area contributed by atoms with Crippen molar-refractivity contribution in [2.45, 2.75) is 90.5 Å². The van der Waals surface area contributed by atoms with E-state index in [0.29, 0.717) is 25.3 Å². The van der Waals surface area contributed by atoms with Crippen LogP contribution < -0.4 is 15.8 Å². The molecule has 0 spiro atoms. The molecule has 0 radical (unpaired) electrons. The predicted molar refractivity (Wildman–Crippen MR) is 159 cm³/mol. The van der Waals surface area contributed by atoms with Crippen molar-refractivity contribution in [3.8, 4) is 5.75 Å². The molecule has 0 fully saturated rings. The summed E-state index contributed by atoms with van der Waals surface area (Å²) < 4.78 is 6.26. The molecular formula is C32H45N3O2S. The Kier molecular flexibility index (Phi) is 10.5. The Balaban J connectivity index is 1.47. The average molecular weight is 536 g/mol. The number of aromatic nitrogens is 1. The van der Waals surface area contributed by atoms with Crippen molar-refractivity contribution >= 4 is 17.2 Å². The zero-order chi connectivity index (χ0) is 27.8. The van der Waals surface area contributed by atoms with Crippen molar-refractivity contribution in [3.63, 3.8) is 0 Å². The number of benzene rings is 2. The van der Waals surface area contributed by atoms with E-state index in [4.69, 9.17) is 10.5 Å². The van der Waals surface area contributed by atoms with E-state index in [2.05, 4.69) is 82.2 Å². The van der Waals surface area contributed by atoms with E-state index in [1.54, 1.807) is 5.38 Å². The molecule has 3 N–H and O–H groups in total. The summed E-state index contributed by atoms with van der Waals surface area (Å²) in [7, 11) is 0. The van der Waals surface area contributed by atoms with Gasteiger partial charge in [0.15, 0.2) is 0 Å². The summed E-state index contributed by atoms with van der Waals surface area (Å²) in [5.41, 5.74) is 10.7. The number of hydrogen-bond acceptors (Lipinski definition) is 5. The first-order valence-electron chi connectivity index (χ1n) is 13.9. The van der Waals surface area contributed by atoms with Gasteiger partial charge < -0.3 is 15.8 Å². The number of amides is 1. The van der Waals surface area contributed by atoms with E-state index >= 15 is 0 Å². The Morgan fingerprint density at radius 3 is 2.42 bits per heavy atom. The third-order valence-corrected chi connectivity index (χ3v) is 8.72. The number of thiazole rings is 1. The van der Waals surface area contributed by atoms with E-state index in [9.17, 15) is 4.79 Å². The number of carbonyl (C=O) groups is 1. The van der Waals surface area contributed by atoms with Gasteiger partial charge in [-0.1, -0.05) is 84.0 Å². The monoisotopic (exact) mass is 535 g/mol. The Morgan fingerprint density at radius 2 is 1.74 bits per heavy atom. The van der Waals surface area contributed by atoms with Gasteiger partial charge in [-0.15, -0.1) is 11.3 Å². The summed E-state index contributed by atoms with van der Waals surface area (Å²) in [6.07, 6.45) is 4.53. The largest absolute Gasteiger partial charge is 0.493 e. The first kappa shape index (κ1) is 29.9. The molecule has 3 rings (SSSR count). The predicted octanol–water partition coefficient (Wildman–Crippen LogP) is 7.35. The van der Waals surface area contributed by atoms with Gasteiger partial charge in [0, 0.05) is 17.5 Å². The second kappa shape index (κ2) is 13.4. The van der Waals surface area contributed by atoms with Gasteiger partial charge in [0.05, 0.1) is 12.6 Å². The average Bonchev–Trinajstić information content (AvgIpc) is 3.42. The first-order valence-corrected chi connectivity index (χ1v) is 14.8. The van der Waals surface area contributed by atoms with Gasteiger partial charge in [-0.25, -0.2) is 4.98 Å². The molecule has 0 aliphatic heterocycles. The number of nitrogens with two attached hydrogens (primary N) is 1. The number of nitrogens with one attached hydrogen (secondary N) is 1. The third-order valence-electron chi connectivity index (χ3n) is 7.74. The number of unbranched alkanes of at least 4 members (excludes halogenated alkanes) is 1. The fourth-order valence-corrected chi connectivity index (χ4v) is 5.02. The number of nitrogens with zero attached hydrogens (tertiary/aromatic N) is 1. The maximum atomic E-state index is 12.6. The van der Waals surface area contributed by atoms with Crippen LogP contribution in [-0.4, -0.2) is 24.0 Å². The second-order valence-corrected chi connectivity index (χ2v) is 12.3. The second-order valence-electron chi connectivity index (χ2n) is 11.4. The molecule has 5 nitrogen and oxygen atoms in total. The molecule has 1 heterocycles. The van der Waals surface area contributed by atoms with Crippen LogP contribution in [0.4, 0.5) is 0 Å². The summed E-state index contributed by atoms with van der Waals surface area (Å²) in [6.45, 7) is 14.8. The fraction of sp³-hybridized carbons (Fsp3) is 0.500. The molecular weight excluding hydrogens is 490 g/mol. The van der Waals surface area contributed by atoms with Crippen LogP contribution in [0.3, 0.4) is 0 Å². The van der Waals surface area contributed by atoms with E-state index in [1.165, 1.54) is 22.5 Å². The zero-order valence-corrected chi connectivity index (χ0v) is 24.8. The first-order chi connectivity index (χ1) is 18.1. The standard InChI is InChI=1S/C32H45N3O2S/c1-7-31(3,4)24-16-17-28(25(21-24)32(5,6)8-2)37-19-13-12-18-34-29(36)27-22-38-30(35-27)26(33)20-23-14-10-9-11-15-23/h9-11,14-17,21-22,26H,7-8,12-13,18-20,33H2,1-6H3,(H,34,36). The minimum atomic E-state index is -0.217. The van der Waals surface area contributed by atoms with Crippen LogP contribution in [-0.2, 0) is 17.3 Å². The topological polar surface area (TPSA) is 77.2 Å². The van der Waals surface area contributed by atoms with Crippen LogP contribution in [0.1, 0.15) is 105 Å². The molecule has 3 aromatic rings. The highest BCUT2D eigenvalue weighted by molar-refractivity contribution is 7.09. The molecule has 1 aromatic heterocycles. The number of ether oxygens (including phenoxy) is 1. The number of rotatable bonds is 14. The highest BCUT2D eigenvalue weighted by Crippen LogP contribution is 2.38. The number of carbonyl (C=O) groups excluding carboxylic acids is 1. The molecule has 1 amide bonds. The summed E-state index contributed by atoms with van der Waals surface area (Å²) in [4.78, 5) is 17.1. The Morgan fingerprint density at radius 1 is 1.03 bits per heavy atom. The fourth-order valence-electron chi connectivity index (χ4n) is 4.22. The summed E-state index contributed by atoms with van der Waals surface area (Å²) in [5, 5.41) is 5.56. The van der Waals surface area contributed by atoms with Crippen LogP contribution in [0.2, 0.25) is 0 Å². The molecule has 0 saturated carbocycles. The number of hydrogen-bond donors (Lipinski definition) is 2. The zero-order valence-electron chi connectivity index (χ0n) is 24.0. The van der Waals surface area contributed by atoms with Gasteiger partial charge in [0.1, 0.15) is 16.5 Å². The van der Waals surface area contributed by atoms with Crippen molar-refractivity contribution in [2.24, 2.45) is 5.73 Å². The highest BCUT2D eigenvalue weighted by Gasteiger charge is 2.26. The van der Waals surface area contributed by atoms with Gasteiger partial charge in [0.25, 0.3) is 5.91 Å². The molecule has 206 valence electrons. The van der Waals surface area contributed by atoms with Crippen LogP contribution >= 0.6 is 11.3 Å². The van der Waals surface area contributed by atoms with Crippen LogP contribution in [0.5, 0.6) is 5.75 Å². The van der Waals surface area contributed by atoms with Crippen LogP contribution in [0.25, 0.3) is 0 Å². The van der Waals surface area contributed by atoms with E-state index in [-0.39, 0.29) is 22.8 Å². The van der Waals surface area contributed by atoms with Crippen molar-refractivity contribution < 1.29 is 9.53 Å². The molecule has 2 aromatic carbocycles. The van der Waals surface area contributed by atoms with Crippen molar-refractivity contribution in [1.29, 1.82) is 0 Å². The molecule has 1 unspecified atom stereocenters. The van der Waals surface area contributed by atoms with Crippen molar-refractivity contribution in [3.05, 3.63) is 81.3 Å². The molecule has 0 bridgehead atoms. The smallest absolute Gasteiger partial charge is 0.270 e. The maximum Gasteiger partial charge on any atom is 0.270 e. The Labute approximate surface area is 233 Å². The Bertz CT molecular complexity index is 1170. The van der Waals surface area contributed by atoms with E-state index < -0.39 is 0 Å². The maximum absolute atomic E-state index is 12.6. The van der Waals surface area contributed by atoms with Gasteiger partial charge in [0.2, 0.25) is 0 Å². The SMILES string of the molecule is CCC(C)(C)c1ccc(OCCCCNC(=O)c2csc(C(N)Cc3ccccc3)n2)c(C(C)(C)CC)c1. The van der Waals surface area contributed by atoms with Crippen LogP contribution in [0.15, 0.2) is 53.9 Å². The molecule has 0 aliphatic rings. The molecule has 6 heteroatoms. The third kappa shape index (κ3) is 7.90. The lowest BCUT2D eigenvalue weighted by Crippen LogP contribution is -2.25. The lowest BCUT2D eigenvalue weighted by atomic mass is 9.76.